The molecule has 114 valence electrons. The topological polar surface area (TPSA) is 0 Å². The monoisotopic (exact) mass is 326 g/mol. The van der Waals surface area contributed by atoms with E-state index >= 15 is 0 Å². The van der Waals surface area contributed by atoms with Crippen LogP contribution in [0.25, 0.3) is 5.57 Å². The smallest absolute Gasteiger partial charge is 0.0623 e. The molecule has 0 fully saturated rings. The van der Waals surface area contributed by atoms with Crippen LogP contribution in [-0.4, -0.2) is 11.0 Å². The van der Waals surface area contributed by atoms with Gasteiger partial charge in [0.2, 0.25) is 0 Å². The van der Waals surface area contributed by atoms with Gasteiger partial charge in [-0.3, -0.25) is 0 Å². The average molecular weight is 327 g/mol. The van der Waals surface area contributed by atoms with Gasteiger partial charge in [-0.1, -0.05) is 75.4 Å². The molecule has 1 atom stereocenters. The molecule has 0 heterocycles. The molecule has 1 aliphatic rings. The number of hydrogen-bond donors (Lipinski definition) is 0. The van der Waals surface area contributed by atoms with E-state index in [2.05, 4.69) is 93.4 Å². The van der Waals surface area contributed by atoms with Crippen LogP contribution in [0.15, 0.2) is 59.5 Å². The maximum atomic E-state index is 2.30. The molecule has 0 bridgehead atoms. The predicted octanol–water partition coefficient (Wildman–Crippen LogP) is 6.40. The Kier molecular flexibility index (Phi) is 4.42. The van der Waals surface area contributed by atoms with Crippen LogP contribution in [0.2, 0.25) is 0 Å². The lowest BCUT2D eigenvalue weighted by Crippen LogP contribution is -2.10. The molecule has 0 aliphatic heterocycles. The number of thioether (sulfide) groups is 2. The molecule has 3 rings (SSSR count). The van der Waals surface area contributed by atoms with Crippen molar-refractivity contribution in [3.05, 3.63) is 76.2 Å². The Labute approximate surface area is 142 Å². The van der Waals surface area contributed by atoms with E-state index in [1.54, 1.807) is 0 Å². The van der Waals surface area contributed by atoms with Crippen molar-refractivity contribution in [1.82, 2.24) is 0 Å². The molecule has 2 aromatic rings. The van der Waals surface area contributed by atoms with Crippen molar-refractivity contribution in [3.63, 3.8) is 0 Å². The third-order valence-corrected chi connectivity index (χ3v) is 6.21. The van der Waals surface area contributed by atoms with Gasteiger partial charge in [0.05, 0.1) is 5.25 Å². The van der Waals surface area contributed by atoms with Gasteiger partial charge in [0, 0.05) is 15.2 Å². The molecule has 0 N–H and O–H groups in total. The molecule has 0 saturated carbocycles. The van der Waals surface area contributed by atoms with Crippen molar-refractivity contribution >= 4 is 29.1 Å². The number of rotatable bonds is 3. The van der Waals surface area contributed by atoms with Crippen LogP contribution >= 0.6 is 23.5 Å². The molecule has 0 aromatic heterocycles. The van der Waals surface area contributed by atoms with Gasteiger partial charge in [-0.15, -0.1) is 23.5 Å². The molecule has 0 saturated heterocycles. The van der Waals surface area contributed by atoms with Crippen molar-refractivity contribution in [2.75, 3.05) is 6.26 Å². The molecule has 0 amide bonds. The molecule has 0 radical (unpaired) electrons. The second kappa shape index (κ2) is 6.17. The number of hydrogen-bond acceptors (Lipinski definition) is 2. The first-order valence-electron chi connectivity index (χ1n) is 7.62. The van der Waals surface area contributed by atoms with Gasteiger partial charge in [-0.2, -0.15) is 0 Å². The van der Waals surface area contributed by atoms with Gasteiger partial charge in [0.15, 0.2) is 0 Å². The molecule has 2 aromatic carbocycles. The molecule has 22 heavy (non-hydrogen) atoms. The fraction of sp³-hybridized carbons (Fsp3) is 0.300. The van der Waals surface area contributed by atoms with Gasteiger partial charge < -0.3 is 0 Å². The van der Waals surface area contributed by atoms with E-state index in [0.717, 1.165) is 0 Å². The second-order valence-corrected chi connectivity index (χ2v) is 9.29. The normalized spacial score (nSPS) is 17.7. The van der Waals surface area contributed by atoms with Crippen molar-refractivity contribution in [2.45, 2.75) is 30.8 Å². The quantitative estimate of drug-likeness (QED) is 0.640. The van der Waals surface area contributed by atoms with Crippen molar-refractivity contribution in [1.29, 1.82) is 0 Å². The lowest BCUT2D eigenvalue weighted by molar-refractivity contribution is 0.798. The summed E-state index contributed by atoms with van der Waals surface area (Å²) in [4.78, 5) is 1.49. The fourth-order valence-electron chi connectivity index (χ4n) is 2.94. The molecule has 0 spiro atoms. The second-order valence-electron chi connectivity index (χ2n) is 6.51. The van der Waals surface area contributed by atoms with E-state index in [-0.39, 0.29) is 4.75 Å². The standard InChI is InChI=1S/C20H22S2/c1-20(2,3)22-18-16-13-9-8-12-15(16)17(19(18)21-4)14-10-6-5-7-11-14/h5-13,18H,1-4H3. The molecular weight excluding hydrogens is 304 g/mol. The molecule has 0 nitrogen and oxygen atoms in total. The Morgan fingerprint density at radius 1 is 0.864 bits per heavy atom. The Morgan fingerprint density at radius 2 is 1.50 bits per heavy atom. The highest BCUT2D eigenvalue weighted by Crippen LogP contribution is 2.56. The first-order chi connectivity index (χ1) is 10.5. The third-order valence-electron chi connectivity index (χ3n) is 3.75. The molecule has 1 unspecified atom stereocenters. The van der Waals surface area contributed by atoms with Crippen LogP contribution in [-0.2, 0) is 0 Å². The van der Waals surface area contributed by atoms with E-state index < -0.39 is 0 Å². The van der Waals surface area contributed by atoms with Gasteiger partial charge in [-0.05, 0) is 22.9 Å². The Hall–Kier alpha value is -1.12. The lowest BCUT2D eigenvalue weighted by Gasteiger charge is -2.25. The van der Waals surface area contributed by atoms with Crippen molar-refractivity contribution in [3.8, 4) is 0 Å². The summed E-state index contributed by atoms with van der Waals surface area (Å²) in [5, 5.41) is 0.446. The zero-order chi connectivity index (χ0) is 15.7. The average Bonchev–Trinajstić information content (AvgIpc) is 2.80. The first-order valence-corrected chi connectivity index (χ1v) is 9.72. The summed E-state index contributed by atoms with van der Waals surface area (Å²) >= 11 is 3.96. The van der Waals surface area contributed by atoms with Crippen LogP contribution in [0.5, 0.6) is 0 Å². The third kappa shape index (κ3) is 3.00. The van der Waals surface area contributed by atoms with Crippen LogP contribution in [0.1, 0.15) is 42.7 Å². The summed E-state index contributed by atoms with van der Waals surface area (Å²) in [6.45, 7) is 6.91. The highest BCUT2D eigenvalue weighted by Gasteiger charge is 2.34. The summed E-state index contributed by atoms with van der Waals surface area (Å²) in [5.41, 5.74) is 5.62. The summed E-state index contributed by atoms with van der Waals surface area (Å²) < 4.78 is 0.241. The Bertz CT molecular complexity index is 693. The fourth-order valence-corrected chi connectivity index (χ4v) is 5.41. The number of fused-ring (bicyclic) bond motifs is 1. The van der Waals surface area contributed by atoms with Crippen LogP contribution in [0.3, 0.4) is 0 Å². The molecule has 2 heteroatoms. The van der Waals surface area contributed by atoms with Gasteiger partial charge >= 0.3 is 0 Å². The van der Waals surface area contributed by atoms with Crippen LogP contribution < -0.4 is 0 Å². The Balaban J connectivity index is 2.18. The summed E-state index contributed by atoms with van der Waals surface area (Å²) in [6.07, 6.45) is 2.21. The summed E-state index contributed by atoms with van der Waals surface area (Å²) in [6, 6.07) is 19.7. The SMILES string of the molecule is CSC1=C(c2ccccc2)c2ccccc2C1SC(C)(C)C. The van der Waals surface area contributed by atoms with E-state index in [0.29, 0.717) is 5.25 Å². The zero-order valence-electron chi connectivity index (χ0n) is 13.6. The van der Waals surface area contributed by atoms with Gasteiger partial charge in [0.1, 0.15) is 0 Å². The number of benzene rings is 2. The minimum atomic E-state index is 0.241. The summed E-state index contributed by atoms with van der Waals surface area (Å²) in [5.74, 6) is 0. The van der Waals surface area contributed by atoms with Gasteiger partial charge in [0.25, 0.3) is 0 Å². The van der Waals surface area contributed by atoms with E-state index in [1.807, 2.05) is 11.8 Å². The molecule has 1 aliphatic carbocycles. The highest BCUT2D eigenvalue weighted by molar-refractivity contribution is 8.06. The maximum absolute atomic E-state index is 2.30. The van der Waals surface area contributed by atoms with Crippen molar-refractivity contribution < 1.29 is 0 Å². The maximum Gasteiger partial charge on any atom is 0.0623 e. The van der Waals surface area contributed by atoms with Gasteiger partial charge in [-0.25, -0.2) is 0 Å². The highest BCUT2D eigenvalue weighted by atomic mass is 32.2. The lowest BCUT2D eigenvalue weighted by atomic mass is 9.99. The Morgan fingerprint density at radius 3 is 2.14 bits per heavy atom. The largest absolute Gasteiger partial charge is 0.142 e. The summed E-state index contributed by atoms with van der Waals surface area (Å²) in [7, 11) is 0. The van der Waals surface area contributed by atoms with Crippen LogP contribution in [0.4, 0.5) is 0 Å². The molecular formula is C20H22S2. The van der Waals surface area contributed by atoms with E-state index in [1.165, 1.54) is 27.2 Å². The minimum Gasteiger partial charge on any atom is -0.142 e. The van der Waals surface area contributed by atoms with E-state index in [4.69, 9.17) is 0 Å². The van der Waals surface area contributed by atoms with E-state index in [9.17, 15) is 0 Å². The minimum absolute atomic E-state index is 0.241. The first kappa shape index (κ1) is 15.8. The predicted molar refractivity (Wildman–Crippen MR) is 103 cm³/mol. The zero-order valence-corrected chi connectivity index (χ0v) is 15.2. The van der Waals surface area contributed by atoms with Crippen LogP contribution in [0, 0.1) is 0 Å². The van der Waals surface area contributed by atoms with Crippen molar-refractivity contribution in [2.24, 2.45) is 0 Å².